The van der Waals surface area contributed by atoms with Crippen LogP contribution in [0.2, 0.25) is 0 Å². The average Bonchev–Trinajstić information content (AvgIpc) is 2.70. The summed E-state index contributed by atoms with van der Waals surface area (Å²) in [6.07, 6.45) is 3.06. The van der Waals surface area contributed by atoms with Gasteiger partial charge in [-0.1, -0.05) is 53.4 Å². The van der Waals surface area contributed by atoms with E-state index in [1.54, 1.807) is 27.7 Å². The third-order valence-corrected chi connectivity index (χ3v) is 0.816. The van der Waals surface area contributed by atoms with Crippen LogP contribution < -0.4 is 20.4 Å². The van der Waals surface area contributed by atoms with Gasteiger partial charge in [0.1, 0.15) is 0 Å². The van der Waals surface area contributed by atoms with E-state index in [0.29, 0.717) is 0 Å². The molecule has 0 aromatic rings. The fourth-order valence-electron chi connectivity index (χ4n) is 0. The number of aliphatic hydroxyl groups excluding tert-OH is 4. The first-order valence-corrected chi connectivity index (χ1v) is 10.1. The van der Waals surface area contributed by atoms with Crippen molar-refractivity contribution in [2.24, 2.45) is 0 Å². The van der Waals surface area contributed by atoms with Crippen LogP contribution in [0.4, 0.5) is 0 Å². The van der Waals surface area contributed by atoms with Crippen LogP contribution in [0, 0.1) is 0 Å². The zero-order valence-corrected chi connectivity index (χ0v) is 24.0. The SMILES string of the molecule is CCC[O-].CCC[O-].CCC[O-].CCC[O-].CCO.CCO.CCO.CCO.[Ti+4].[Ti]. The summed E-state index contributed by atoms with van der Waals surface area (Å²) in [4.78, 5) is 0. The molecule has 0 bridgehead atoms. The molecule has 0 aliphatic heterocycles. The molecule has 0 aromatic carbocycles. The van der Waals surface area contributed by atoms with E-state index in [2.05, 4.69) is 0 Å². The second-order valence-electron chi connectivity index (χ2n) is 4.08. The van der Waals surface area contributed by atoms with Crippen LogP contribution in [-0.2, 0) is 43.4 Å². The summed E-state index contributed by atoms with van der Waals surface area (Å²) in [5.74, 6) is 0. The molecule has 0 rings (SSSR count). The first-order valence-electron chi connectivity index (χ1n) is 10.1. The summed E-state index contributed by atoms with van der Waals surface area (Å²) in [6, 6.07) is 0. The molecule has 4 N–H and O–H groups in total. The Balaban J connectivity index is -0.0000000189. The first kappa shape index (κ1) is 63.3. The molecule has 8 nitrogen and oxygen atoms in total. The van der Waals surface area contributed by atoms with Gasteiger partial charge in [0.05, 0.1) is 0 Å². The molecule has 0 radical (unpaired) electrons. The second-order valence-corrected chi connectivity index (χ2v) is 4.08. The van der Waals surface area contributed by atoms with E-state index in [1.165, 1.54) is 0 Å². The molecule has 0 spiro atoms. The number of rotatable bonds is 4. The summed E-state index contributed by atoms with van der Waals surface area (Å²) < 4.78 is 0. The van der Waals surface area contributed by atoms with Crippen LogP contribution in [0.1, 0.15) is 81.1 Å². The van der Waals surface area contributed by atoms with Crippen LogP contribution in [0.3, 0.4) is 0 Å². The van der Waals surface area contributed by atoms with Gasteiger partial charge in [-0.05, 0) is 27.7 Å². The van der Waals surface area contributed by atoms with Gasteiger partial charge in [0.25, 0.3) is 0 Å². The fourth-order valence-corrected chi connectivity index (χ4v) is 0. The summed E-state index contributed by atoms with van der Waals surface area (Å²) in [6.45, 7) is 15.5. The molecule has 0 amide bonds. The van der Waals surface area contributed by atoms with E-state index in [9.17, 15) is 20.4 Å². The van der Waals surface area contributed by atoms with E-state index in [1.807, 2.05) is 27.7 Å². The maximum absolute atomic E-state index is 9.30. The Labute approximate surface area is 217 Å². The maximum atomic E-state index is 9.30. The third-order valence-electron chi connectivity index (χ3n) is 0.816. The molecule has 0 saturated heterocycles. The Kier molecular flexibility index (Phi) is 313. The van der Waals surface area contributed by atoms with Gasteiger partial charge < -0.3 is 40.9 Å². The van der Waals surface area contributed by atoms with E-state index in [0.717, 1.165) is 25.7 Å². The van der Waals surface area contributed by atoms with Gasteiger partial charge in [-0.25, -0.2) is 0 Å². The summed E-state index contributed by atoms with van der Waals surface area (Å²) >= 11 is 0. The Morgan fingerprint density at radius 3 is 0.433 bits per heavy atom. The molecule has 0 aromatic heterocycles. The molecule has 0 heterocycles. The Morgan fingerprint density at radius 1 is 0.400 bits per heavy atom. The first-order chi connectivity index (χ1) is 13.3. The van der Waals surface area contributed by atoms with E-state index in [4.69, 9.17) is 20.4 Å². The van der Waals surface area contributed by atoms with Crippen molar-refractivity contribution in [1.29, 1.82) is 0 Å². The maximum Gasteiger partial charge on any atom is 4.00 e. The standard InChI is InChI=1S/4C3H7O.4C2H6O.2Ti/c4*1-2-3-4;4*1-2-3;;/h4*2-3H2,1H3;4*3H,2H2,1H3;;/q4*-1;;;;;;+4. The minimum atomic E-state index is 0. The van der Waals surface area contributed by atoms with E-state index < -0.39 is 0 Å². The molecular weight excluding hydrogens is 464 g/mol. The van der Waals surface area contributed by atoms with Crippen LogP contribution in [0.15, 0.2) is 0 Å². The summed E-state index contributed by atoms with van der Waals surface area (Å²) in [5.41, 5.74) is 0. The molecule has 0 saturated carbocycles. The zero-order valence-electron chi connectivity index (χ0n) is 20.9. The molecule has 0 aliphatic carbocycles. The van der Waals surface area contributed by atoms with Gasteiger partial charge in [0.15, 0.2) is 0 Å². The normalized spacial score (nSPS) is 6.40. The zero-order chi connectivity index (χ0) is 24.5. The van der Waals surface area contributed by atoms with Crippen LogP contribution in [0.25, 0.3) is 0 Å². The van der Waals surface area contributed by atoms with Crippen molar-refractivity contribution in [1.82, 2.24) is 0 Å². The van der Waals surface area contributed by atoms with Crippen LogP contribution in [0.5, 0.6) is 0 Å². The fraction of sp³-hybridized carbons (Fsp3) is 1.00. The quantitative estimate of drug-likeness (QED) is 0.345. The second kappa shape index (κ2) is 148. The number of aliphatic hydroxyl groups is 4. The molecule has 0 unspecified atom stereocenters. The smallest absolute Gasteiger partial charge is 0.854 e. The minimum absolute atomic E-state index is 0. The molecular formula is C20H52O8Ti2. The van der Waals surface area contributed by atoms with Gasteiger partial charge >= 0.3 is 21.7 Å². The Bertz CT molecular complexity index is 88.8. The molecule has 0 atom stereocenters. The van der Waals surface area contributed by atoms with Gasteiger partial charge in [0, 0.05) is 48.1 Å². The average molecular weight is 516 g/mol. The monoisotopic (exact) mass is 516 g/mol. The number of hydrogen-bond donors (Lipinski definition) is 4. The number of hydrogen-bond acceptors (Lipinski definition) is 8. The molecule has 10 heteroatoms. The van der Waals surface area contributed by atoms with Crippen molar-refractivity contribution in [3.05, 3.63) is 0 Å². The minimum Gasteiger partial charge on any atom is -0.854 e. The predicted molar refractivity (Wildman–Crippen MR) is 112 cm³/mol. The van der Waals surface area contributed by atoms with Crippen LogP contribution in [-0.4, -0.2) is 73.3 Å². The van der Waals surface area contributed by atoms with Crippen LogP contribution >= 0.6 is 0 Å². The van der Waals surface area contributed by atoms with Crippen molar-refractivity contribution in [2.75, 3.05) is 52.9 Å². The van der Waals surface area contributed by atoms with Crippen molar-refractivity contribution < 1.29 is 84.3 Å². The van der Waals surface area contributed by atoms with Gasteiger partial charge in [0.2, 0.25) is 0 Å². The molecule has 30 heavy (non-hydrogen) atoms. The summed E-state index contributed by atoms with van der Waals surface area (Å²) in [5, 5.41) is 67.5. The predicted octanol–water partition coefficient (Wildman–Crippen LogP) is -0.984. The Morgan fingerprint density at radius 2 is 0.433 bits per heavy atom. The molecule has 0 fully saturated rings. The van der Waals surface area contributed by atoms with E-state index in [-0.39, 0.29) is 96.3 Å². The van der Waals surface area contributed by atoms with Gasteiger partial charge in [-0.3, -0.25) is 0 Å². The van der Waals surface area contributed by atoms with Gasteiger partial charge in [-0.2, -0.15) is 0 Å². The van der Waals surface area contributed by atoms with Crippen molar-refractivity contribution in [2.45, 2.75) is 81.1 Å². The van der Waals surface area contributed by atoms with E-state index >= 15 is 0 Å². The Hall–Kier alpha value is 1.11. The molecule has 0 aliphatic rings. The third kappa shape index (κ3) is 881. The van der Waals surface area contributed by atoms with Crippen molar-refractivity contribution in [3.8, 4) is 0 Å². The topological polar surface area (TPSA) is 173 Å². The van der Waals surface area contributed by atoms with Crippen molar-refractivity contribution >= 4 is 0 Å². The summed E-state index contributed by atoms with van der Waals surface area (Å²) in [7, 11) is 0. The molecule has 188 valence electrons. The largest absolute Gasteiger partial charge is 4.00 e. The van der Waals surface area contributed by atoms with Gasteiger partial charge in [-0.15, -0.1) is 26.4 Å². The van der Waals surface area contributed by atoms with Crippen molar-refractivity contribution in [3.63, 3.8) is 0 Å².